The molecule has 4 rings (SSSR count). The van der Waals surface area contributed by atoms with Crippen LogP contribution in [0.5, 0.6) is 5.75 Å². The highest BCUT2D eigenvalue weighted by molar-refractivity contribution is 5.67. The van der Waals surface area contributed by atoms with Crippen LogP contribution in [0.15, 0.2) is 40.9 Å². The lowest BCUT2D eigenvalue weighted by Gasteiger charge is -2.09. The van der Waals surface area contributed by atoms with E-state index in [1.165, 1.54) is 0 Å². The maximum Gasteiger partial charge on any atom is 0.258 e. The number of aromatic nitrogens is 2. The van der Waals surface area contributed by atoms with Crippen LogP contribution in [0, 0.1) is 11.3 Å². The highest BCUT2D eigenvalue weighted by Gasteiger charge is 2.26. The van der Waals surface area contributed by atoms with Gasteiger partial charge in [0.25, 0.3) is 5.89 Å². The molecule has 1 heterocycles. The highest BCUT2D eigenvalue weighted by atomic mass is 17.2. The molecule has 1 aliphatic rings. The van der Waals surface area contributed by atoms with E-state index >= 15 is 0 Å². The van der Waals surface area contributed by atoms with Crippen molar-refractivity contribution in [3.05, 3.63) is 53.1 Å². The van der Waals surface area contributed by atoms with Gasteiger partial charge in [-0.1, -0.05) is 23.4 Å². The van der Waals surface area contributed by atoms with E-state index in [9.17, 15) is 10.4 Å². The van der Waals surface area contributed by atoms with E-state index < -0.39 is 0 Å². The molecule has 0 spiro atoms. The zero-order valence-corrected chi connectivity index (χ0v) is 16.3. The first-order valence-electron chi connectivity index (χ1n) is 9.55. The molecule has 0 aliphatic heterocycles. The Balaban J connectivity index is 1.64. The topological polar surface area (TPSA) is 101 Å². The maximum atomic E-state index is 9.57. The number of fused-ring (bicyclic) bond motifs is 1. The summed E-state index contributed by atoms with van der Waals surface area (Å²) >= 11 is 0. The third kappa shape index (κ3) is 3.73. The van der Waals surface area contributed by atoms with Gasteiger partial charge in [-0.15, -0.1) is 0 Å². The number of nitriles is 1. The lowest BCUT2D eigenvalue weighted by molar-refractivity contribution is -0.234. The van der Waals surface area contributed by atoms with Crippen LogP contribution in [-0.2, 0) is 11.3 Å². The summed E-state index contributed by atoms with van der Waals surface area (Å²) in [5, 5.41) is 23.1. The fourth-order valence-corrected chi connectivity index (χ4v) is 3.56. The smallest absolute Gasteiger partial charge is 0.258 e. The number of nitrogens with zero attached hydrogens (tertiary/aromatic N) is 3. The van der Waals surface area contributed by atoms with E-state index in [1.54, 1.807) is 18.2 Å². The summed E-state index contributed by atoms with van der Waals surface area (Å²) in [4.78, 5) is 14.9. The first kappa shape index (κ1) is 19.1. The van der Waals surface area contributed by atoms with Crippen molar-refractivity contribution in [1.29, 1.82) is 5.26 Å². The van der Waals surface area contributed by atoms with Gasteiger partial charge in [-0.2, -0.15) is 15.1 Å². The van der Waals surface area contributed by atoms with E-state index in [2.05, 4.69) is 16.2 Å². The van der Waals surface area contributed by atoms with E-state index in [-0.39, 0.29) is 18.6 Å². The van der Waals surface area contributed by atoms with Gasteiger partial charge in [0.15, 0.2) is 5.75 Å². The summed E-state index contributed by atoms with van der Waals surface area (Å²) in [7, 11) is 0. The third-order valence-electron chi connectivity index (χ3n) is 4.96. The van der Waals surface area contributed by atoms with Gasteiger partial charge in [-0.05, 0) is 56.0 Å². The van der Waals surface area contributed by atoms with E-state index in [1.807, 2.05) is 32.0 Å². The Kier molecular flexibility index (Phi) is 5.30. The molecule has 1 aliphatic carbocycles. The minimum absolute atomic E-state index is 0.127. The molecule has 7 nitrogen and oxygen atoms in total. The summed E-state index contributed by atoms with van der Waals surface area (Å²) in [6.07, 6.45) is 1.66. The molecule has 7 heteroatoms. The Hall–Kier alpha value is -3.21. The van der Waals surface area contributed by atoms with Crippen LogP contribution < -0.4 is 4.89 Å². The van der Waals surface area contributed by atoms with Gasteiger partial charge in [-0.3, -0.25) is 0 Å². The normalized spacial score (nSPS) is 15.3. The minimum atomic E-state index is -0.127. The number of benzene rings is 2. The van der Waals surface area contributed by atoms with Crippen LogP contribution in [0.3, 0.4) is 0 Å². The molecule has 0 saturated heterocycles. The summed E-state index contributed by atoms with van der Waals surface area (Å²) < 4.78 is 5.46. The van der Waals surface area contributed by atoms with Crippen molar-refractivity contribution < 1.29 is 19.4 Å². The number of rotatable bonds is 6. The predicted octanol–water partition coefficient (Wildman–Crippen LogP) is 4.02. The minimum Gasteiger partial charge on any atom is -0.396 e. The zero-order valence-electron chi connectivity index (χ0n) is 16.3. The zero-order chi connectivity index (χ0) is 20.4. The molecular formula is C22H21N3O4. The summed E-state index contributed by atoms with van der Waals surface area (Å²) in [5.74, 6) is 1.32. The average Bonchev–Trinajstić information content (AvgIpc) is 3.39. The maximum absolute atomic E-state index is 9.57. The number of hydrogen-bond donors (Lipinski definition) is 1. The van der Waals surface area contributed by atoms with Crippen LogP contribution >= 0.6 is 0 Å². The van der Waals surface area contributed by atoms with Gasteiger partial charge in [0.2, 0.25) is 5.82 Å². The third-order valence-corrected chi connectivity index (χ3v) is 4.96. The van der Waals surface area contributed by atoms with Gasteiger partial charge in [0.05, 0.1) is 11.7 Å². The Morgan fingerprint density at radius 3 is 2.93 bits per heavy atom. The van der Waals surface area contributed by atoms with Crippen molar-refractivity contribution in [1.82, 2.24) is 10.1 Å². The van der Waals surface area contributed by atoms with Gasteiger partial charge < -0.3 is 14.5 Å². The molecule has 0 bridgehead atoms. The van der Waals surface area contributed by atoms with Crippen molar-refractivity contribution in [2.24, 2.45) is 0 Å². The molecule has 148 valence electrons. The van der Waals surface area contributed by atoms with Crippen molar-refractivity contribution in [2.45, 2.75) is 38.7 Å². The lowest BCUT2D eigenvalue weighted by Crippen LogP contribution is -2.06. The van der Waals surface area contributed by atoms with Gasteiger partial charge in [-0.25, -0.2) is 0 Å². The standard InChI is InChI=1S/C22H21N3O4/c1-13(2)28-29-20-9-7-14(10-16(20)11-23)22-24-21(25-27-22)19-5-3-4-17-15(12-26)6-8-18(17)19/h3-5,7,9-10,13,15,26H,6,8,12H2,1-2H3/t15-/m1/s1. The summed E-state index contributed by atoms with van der Waals surface area (Å²) in [6.45, 7) is 3.81. The summed E-state index contributed by atoms with van der Waals surface area (Å²) in [5.41, 5.74) is 4.16. The van der Waals surface area contributed by atoms with Crippen LogP contribution in [0.1, 0.15) is 42.9 Å². The molecule has 2 aromatic carbocycles. The molecule has 1 atom stereocenters. The number of hydrogen-bond acceptors (Lipinski definition) is 7. The second-order valence-corrected chi connectivity index (χ2v) is 7.27. The molecule has 1 N–H and O–H groups in total. The lowest BCUT2D eigenvalue weighted by atomic mass is 9.99. The molecule has 1 aromatic heterocycles. The Bertz CT molecular complexity index is 1070. The largest absolute Gasteiger partial charge is 0.396 e. The van der Waals surface area contributed by atoms with Crippen molar-refractivity contribution in [3.8, 4) is 34.7 Å². The number of aliphatic hydroxyl groups is 1. The fraction of sp³-hybridized carbons (Fsp3) is 0.318. The first-order chi connectivity index (χ1) is 14.1. The van der Waals surface area contributed by atoms with Crippen molar-refractivity contribution >= 4 is 0 Å². The second-order valence-electron chi connectivity index (χ2n) is 7.27. The van der Waals surface area contributed by atoms with Crippen LogP contribution in [0.2, 0.25) is 0 Å². The molecule has 0 saturated carbocycles. The molecule has 0 amide bonds. The average molecular weight is 391 g/mol. The van der Waals surface area contributed by atoms with Gasteiger partial charge in [0.1, 0.15) is 6.07 Å². The van der Waals surface area contributed by atoms with Crippen molar-refractivity contribution in [2.75, 3.05) is 6.61 Å². The molecule has 3 aromatic rings. The van der Waals surface area contributed by atoms with Crippen molar-refractivity contribution in [3.63, 3.8) is 0 Å². The molecule has 0 fully saturated rings. The molecule has 29 heavy (non-hydrogen) atoms. The van der Waals surface area contributed by atoms with E-state index in [0.29, 0.717) is 28.6 Å². The Labute approximate surface area is 168 Å². The first-order valence-corrected chi connectivity index (χ1v) is 9.55. The highest BCUT2D eigenvalue weighted by Crippen LogP contribution is 2.38. The van der Waals surface area contributed by atoms with Crippen LogP contribution in [0.25, 0.3) is 22.8 Å². The molecule has 0 unspecified atom stereocenters. The van der Waals surface area contributed by atoms with E-state index in [0.717, 1.165) is 29.5 Å². The Morgan fingerprint density at radius 2 is 2.17 bits per heavy atom. The van der Waals surface area contributed by atoms with Crippen LogP contribution in [0.4, 0.5) is 0 Å². The molecular weight excluding hydrogens is 370 g/mol. The van der Waals surface area contributed by atoms with Gasteiger partial charge >= 0.3 is 0 Å². The summed E-state index contributed by atoms with van der Waals surface area (Å²) in [6, 6.07) is 13.1. The Morgan fingerprint density at radius 1 is 1.31 bits per heavy atom. The molecule has 0 radical (unpaired) electrons. The predicted molar refractivity (Wildman–Crippen MR) is 105 cm³/mol. The second kappa shape index (κ2) is 8.03. The van der Waals surface area contributed by atoms with Gasteiger partial charge in [0, 0.05) is 23.7 Å². The SMILES string of the molecule is CC(C)OOc1ccc(-c2nc(-c3cccc4c3CC[C@@H]4CO)no2)cc1C#N. The quantitative estimate of drug-likeness (QED) is 0.500. The number of aliphatic hydroxyl groups excluding tert-OH is 1. The fourth-order valence-electron chi connectivity index (χ4n) is 3.56. The van der Waals surface area contributed by atoms with E-state index in [4.69, 9.17) is 14.3 Å². The monoisotopic (exact) mass is 391 g/mol. The van der Waals surface area contributed by atoms with Crippen LogP contribution in [-0.4, -0.2) is 28.0 Å².